The van der Waals surface area contributed by atoms with E-state index in [1.165, 1.54) is 10.9 Å². The topological polar surface area (TPSA) is 24.9 Å². The predicted octanol–water partition coefficient (Wildman–Crippen LogP) is 4.32. The maximum Gasteiger partial charge on any atom is 0.0705 e. The predicted molar refractivity (Wildman–Crippen MR) is 82.2 cm³/mol. The van der Waals surface area contributed by atoms with Crippen LogP contribution in [-0.2, 0) is 0 Å². The van der Waals surface area contributed by atoms with Gasteiger partial charge in [-0.1, -0.05) is 45.9 Å². The highest BCUT2D eigenvalue weighted by Gasteiger charge is 2.28. The zero-order valence-corrected chi connectivity index (χ0v) is 12.4. The fourth-order valence-corrected chi connectivity index (χ4v) is 2.52. The number of hydrogen-bond donors (Lipinski definition) is 1. The standard InChI is InChI=1S/C17H24N2/c1-5-17(3,4)16(18-6-2)14-10-9-13-8-7-11-19-15(13)12-14/h7-12,16,18H,5-6H2,1-4H3. The molecule has 2 rings (SSSR count). The summed E-state index contributed by atoms with van der Waals surface area (Å²) in [4.78, 5) is 4.46. The van der Waals surface area contributed by atoms with Gasteiger partial charge in [0.25, 0.3) is 0 Å². The number of hydrogen-bond acceptors (Lipinski definition) is 2. The van der Waals surface area contributed by atoms with E-state index in [0.717, 1.165) is 18.5 Å². The van der Waals surface area contributed by atoms with Gasteiger partial charge in [-0.25, -0.2) is 0 Å². The number of benzene rings is 1. The van der Waals surface area contributed by atoms with Crippen LogP contribution in [0.2, 0.25) is 0 Å². The second kappa shape index (κ2) is 5.70. The highest BCUT2D eigenvalue weighted by Crippen LogP contribution is 2.36. The van der Waals surface area contributed by atoms with Crippen molar-refractivity contribution in [3.05, 3.63) is 42.1 Å². The molecule has 0 aliphatic carbocycles. The lowest BCUT2D eigenvalue weighted by Crippen LogP contribution is -2.33. The highest BCUT2D eigenvalue weighted by molar-refractivity contribution is 5.79. The summed E-state index contributed by atoms with van der Waals surface area (Å²) in [6.07, 6.45) is 3.00. The summed E-state index contributed by atoms with van der Waals surface area (Å²) in [6.45, 7) is 10.0. The minimum atomic E-state index is 0.235. The van der Waals surface area contributed by atoms with Gasteiger partial charge in [-0.15, -0.1) is 0 Å². The zero-order valence-electron chi connectivity index (χ0n) is 12.4. The highest BCUT2D eigenvalue weighted by atomic mass is 14.9. The number of fused-ring (bicyclic) bond motifs is 1. The van der Waals surface area contributed by atoms with Crippen molar-refractivity contribution in [2.45, 2.75) is 40.2 Å². The molecule has 0 aliphatic heterocycles. The Balaban J connectivity index is 2.44. The number of aromatic nitrogens is 1. The summed E-state index contributed by atoms with van der Waals surface area (Å²) in [7, 11) is 0. The van der Waals surface area contributed by atoms with E-state index in [1.807, 2.05) is 12.3 Å². The van der Waals surface area contributed by atoms with Crippen LogP contribution in [0, 0.1) is 5.41 Å². The Morgan fingerprint density at radius 3 is 2.68 bits per heavy atom. The lowest BCUT2D eigenvalue weighted by molar-refractivity contribution is 0.237. The van der Waals surface area contributed by atoms with Crippen molar-refractivity contribution >= 4 is 10.9 Å². The number of nitrogens with zero attached hydrogens (tertiary/aromatic N) is 1. The maximum atomic E-state index is 4.46. The van der Waals surface area contributed by atoms with Gasteiger partial charge in [0.1, 0.15) is 0 Å². The largest absolute Gasteiger partial charge is 0.310 e. The maximum absolute atomic E-state index is 4.46. The third-order valence-corrected chi connectivity index (χ3v) is 4.06. The quantitative estimate of drug-likeness (QED) is 0.861. The number of nitrogens with one attached hydrogen (secondary N) is 1. The Kier molecular flexibility index (Phi) is 4.20. The van der Waals surface area contributed by atoms with Gasteiger partial charge in [-0.3, -0.25) is 4.98 Å². The van der Waals surface area contributed by atoms with Crippen LogP contribution in [0.5, 0.6) is 0 Å². The molecule has 0 saturated carbocycles. The molecule has 1 unspecified atom stereocenters. The van der Waals surface area contributed by atoms with Gasteiger partial charge in [0.2, 0.25) is 0 Å². The molecule has 1 heterocycles. The van der Waals surface area contributed by atoms with Crippen molar-refractivity contribution in [1.82, 2.24) is 10.3 Å². The van der Waals surface area contributed by atoms with Gasteiger partial charge in [-0.2, -0.15) is 0 Å². The molecule has 19 heavy (non-hydrogen) atoms. The fraction of sp³-hybridized carbons (Fsp3) is 0.471. The van der Waals surface area contributed by atoms with Gasteiger partial charge in [0.05, 0.1) is 5.52 Å². The molecule has 0 spiro atoms. The monoisotopic (exact) mass is 256 g/mol. The van der Waals surface area contributed by atoms with Crippen LogP contribution in [0.4, 0.5) is 0 Å². The van der Waals surface area contributed by atoms with Crippen LogP contribution >= 0.6 is 0 Å². The van der Waals surface area contributed by atoms with E-state index >= 15 is 0 Å². The summed E-state index contributed by atoms with van der Waals surface area (Å²) in [5, 5.41) is 4.83. The van der Waals surface area contributed by atoms with Crippen molar-refractivity contribution in [3.63, 3.8) is 0 Å². The first-order valence-electron chi connectivity index (χ1n) is 7.16. The van der Waals surface area contributed by atoms with Gasteiger partial charge in [0.15, 0.2) is 0 Å². The molecule has 0 aliphatic rings. The molecule has 1 aromatic carbocycles. The second-order valence-electron chi connectivity index (χ2n) is 5.79. The third kappa shape index (κ3) is 2.95. The van der Waals surface area contributed by atoms with E-state index in [9.17, 15) is 0 Å². The van der Waals surface area contributed by atoms with E-state index < -0.39 is 0 Å². The summed E-state index contributed by atoms with van der Waals surface area (Å²) in [5.74, 6) is 0. The van der Waals surface area contributed by atoms with E-state index in [0.29, 0.717) is 6.04 Å². The Bertz CT molecular complexity index is 546. The molecule has 1 atom stereocenters. The minimum Gasteiger partial charge on any atom is -0.310 e. The first kappa shape index (κ1) is 14.0. The Hall–Kier alpha value is -1.41. The van der Waals surface area contributed by atoms with Crippen molar-refractivity contribution in [2.75, 3.05) is 6.54 Å². The molecule has 2 heteroatoms. The van der Waals surface area contributed by atoms with Crippen LogP contribution in [0.25, 0.3) is 10.9 Å². The summed E-state index contributed by atoms with van der Waals surface area (Å²) >= 11 is 0. The minimum absolute atomic E-state index is 0.235. The van der Waals surface area contributed by atoms with Crippen LogP contribution in [0.3, 0.4) is 0 Å². The van der Waals surface area contributed by atoms with Crippen LogP contribution in [0.15, 0.2) is 36.5 Å². The smallest absolute Gasteiger partial charge is 0.0705 e. The molecule has 0 radical (unpaired) electrons. The molecule has 0 bridgehead atoms. The Labute approximate surface area is 116 Å². The van der Waals surface area contributed by atoms with Crippen molar-refractivity contribution < 1.29 is 0 Å². The lowest BCUT2D eigenvalue weighted by atomic mass is 9.78. The van der Waals surface area contributed by atoms with E-state index in [1.54, 1.807) is 0 Å². The molecular weight excluding hydrogens is 232 g/mol. The lowest BCUT2D eigenvalue weighted by Gasteiger charge is -2.34. The summed E-state index contributed by atoms with van der Waals surface area (Å²) in [5.41, 5.74) is 2.65. The van der Waals surface area contributed by atoms with Crippen LogP contribution in [-0.4, -0.2) is 11.5 Å². The van der Waals surface area contributed by atoms with Gasteiger partial charge < -0.3 is 5.32 Å². The Morgan fingerprint density at radius 2 is 2.00 bits per heavy atom. The second-order valence-corrected chi connectivity index (χ2v) is 5.79. The summed E-state index contributed by atoms with van der Waals surface area (Å²) < 4.78 is 0. The van der Waals surface area contributed by atoms with Gasteiger partial charge in [-0.05, 0) is 36.1 Å². The average Bonchev–Trinajstić information content (AvgIpc) is 2.44. The first-order valence-corrected chi connectivity index (χ1v) is 7.16. The molecular formula is C17H24N2. The molecule has 0 saturated heterocycles. The van der Waals surface area contributed by atoms with Crippen molar-refractivity contribution in [2.24, 2.45) is 5.41 Å². The molecule has 0 amide bonds. The van der Waals surface area contributed by atoms with E-state index in [4.69, 9.17) is 0 Å². The van der Waals surface area contributed by atoms with E-state index in [2.05, 4.69) is 62.3 Å². The number of rotatable bonds is 5. The molecule has 0 fully saturated rings. The molecule has 102 valence electrons. The third-order valence-electron chi connectivity index (χ3n) is 4.06. The summed E-state index contributed by atoms with van der Waals surface area (Å²) in [6, 6.07) is 11.1. The van der Waals surface area contributed by atoms with E-state index in [-0.39, 0.29) is 5.41 Å². The SMILES string of the molecule is CCNC(c1ccc2cccnc2c1)C(C)(C)CC. The van der Waals surface area contributed by atoms with Gasteiger partial charge in [0, 0.05) is 17.6 Å². The van der Waals surface area contributed by atoms with Crippen molar-refractivity contribution in [1.29, 1.82) is 0 Å². The molecule has 1 aromatic heterocycles. The normalized spacial score (nSPS) is 13.7. The van der Waals surface area contributed by atoms with Crippen molar-refractivity contribution in [3.8, 4) is 0 Å². The fourth-order valence-electron chi connectivity index (χ4n) is 2.52. The zero-order chi connectivity index (χ0) is 13.9. The van der Waals surface area contributed by atoms with Crippen LogP contribution < -0.4 is 5.32 Å². The molecule has 2 nitrogen and oxygen atoms in total. The van der Waals surface area contributed by atoms with Crippen LogP contribution in [0.1, 0.15) is 45.7 Å². The van der Waals surface area contributed by atoms with Gasteiger partial charge >= 0.3 is 0 Å². The average molecular weight is 256 g/mol. The number of pyridine rings is 1. The Morgan fingerprint density at radius 1 is 1.21 bits per heavy atom. The first-order chi connectivity index (χ1) is 9.08. The molecule has 1 N–H and O–H groups in total. The molecule has 2 aromatic rings.